The predicted octanol–water partition coefficient (Wildman–Crippen LogP) is 4.21. The van der Waals surface area contributed by atoms with Gasteiger partial charge in [-0.05, 0) is 36.1 Å². The number of thioether (sulfide) groups is 1. The van der Waals surface area contributed by atoms with E-state index in [1.807, 2.05) is 36.6 Å². The average molecular weight is 507 g/mol. The first-order valence-corrected chi connectivity index (χ1v) is 12.3. The summed E-state index contributed by atoms with van der Waals surface area (Å²) >= 11 is 7.75. The molecule has 0 aliphatic carbocycles. The molecule has 35 heavy (non-hydrogen) atoms. The molecule has 4 rings (SSSR count). The smallest absolute Gasteiger partial charge is 0.258 e. The predicted molar refractivity (Wildman–Crippen MR) is 142 cm³/mol. The molecule has 0 radical (unpaired) electrons. The first-order valence-electron chi connectivity index (χ1n) is 10.7. The number of pyridine rings is 1. The quantitative estimate of drug-likeness (QED) is 0.208. The molecule has 0 aliphatic heterocycles. The summed E-state index contributed by atoms with van der Waals surface area (Å²) in [5, 5.41) is 7.58. The number of benzene rings is 2. The van der Waals surface area contributed by atoms with E-state index in [1.54, 1.807) is 30.5 Å². The minimum Gasteiger partial charge on any atom is -0.354 e. The SMILES string of the molecule is C=C(Nc1cc(C(=O)NC(CN)c2ccccc2)ccc1Cl)c1cc2cnc(SC)nc2[nH]c1=O. The molecule has 10 heteroatoms. The van der Waals surface area contributed by atoms with E-state index < -0.39 is 0 Å². The van der Waals surface area contributed by atoms with Gasteiger partial charge in [0.25, 0.3) is 11.5 Å². The van der Waals surface area contributed by atoms with Crippen LogP contribution >= 0.6 is 23.4 Å². The number of rotatable bonds is 8. The lowest BCUT2D eigenvalue weighted by molar-refractivity contribution is 0.0938. The molecule has 0 saturated heterocycles. The van der Waals surface area contributed by atoms with Gasteiger partial charge in [-0.25, -0.2) is 9.97 Å². The molecular weight excluding hydrogens is 484 g/mol. The van der Waals surface area contributed by atoms with Gasteiger partial charge >= 0.3 is 0 Å². The van der Waals surface area contributed by atoms with Crippen LogP contribution in [0.3, 0.4) is 0 Å². The largest absolute Gasteiger partial charge is 0.354 e. The molecule has 0 saturated carbocycles. The summed E-state index contributed by atoms with van der Waals surface area (Å²) < 4.78 is 0. The Morgan fingerprint density at radius 3 is 2.71 bits per heavy atom. The molecule has 0 aliphatic rings. The van der Waals surface area contributed by atoms with Crippen LogP contribution in [0.1, 0.15) is 27.5 Å². The highest BCUT2D eigenvalue weighted by atomic mass is 35.5. The van der Waals surface area contributed by atoms with Crippen molar-refractivity contribution >= 4 is 51.7 Å². The Kier molecular flexibility index (Phi) is 7.50. The molecule has 0 spiro atoms. The topological polar surface area (TPSA) is 126 Å². The lowest BCUT2D eigenvalue weighted by Gasteiger charge is -2.18. The number of carbonyl (C=O) groups excluding carboxylic acids is 1. The third-order valence-electron chi connectivity index (χ3n) is 5.34. The lowest BCUT2D eigenvalue weighted by Crippen LogP contribution is -2.33. The molecular formula is C25H23ClN6O2S. The molecule has 8 nitrogen and oxygen atoms in total. The third-order valence-corrected chi connectivity index (χ3v) is 6.23. The maximum absolute atomic E-state index is 12.9. The van der Waals surface area contributed by atoms with Crippen LogP contribution in [0, 0.1) is 0 Å². The minimum absolute atomic E-state index is 0.248. The average Bonchev–Trinajstić information content (AvgIpc) is 2.88. The second-order valence-electron chi connectivity index (χ2n) is 7.64. The van der Waals surface area contributed by atoms with Crippen molar-refractivity contribution < 1.29 is 4.79 Å². The van der Waals surface area contributed by atoms with Crippen LogP contribution in [-0.4, -0.2) is 33.7 Å². The number of hydrogen-bond donors (Lipinski definition) is 4. The highest BCUT2D eigenvalue weighted by Crippen LogP contribution is 2.27. The van der Waals surface area contributed by atoms with Crippen LogP contribution in [0.25, 0.3) is 16.7 Å². The summed E-state index contributed by atoms with van der Waals surface area (Å²) in [5.41, 5.74) is 8.30. The van der Waals surface area contributed by atoms with Gasteiger partial charge in [-0.15, -0.1) is 0 Å². The van der Waals surface area contributed by atoms with Crippen molar-refractivity contribution in [3.05, 3.63) is 99.4 Å². The maximum Gasteiger partial charge on any atom is 0.258 e. The fraction of sp³-hybridized carbons (Fsp3) is 0.120. The first-order chi connectivity index (χ1) is 16.9. The second kappa shape index (κ2) is 10.7. The van der Waals surface area contributed by atoms with E-state index >= 15 is 0 Å². The number of halogens is 1. The summed E-state index contributed by atoms with van der Waals surface area (Å²) in [6, 6.07) is 15.6. The lowest BCUT2D eigenvalue weighted by atomic mass is 10.1. The van der Waals surface area contributed by atoms with Gasteiger partial charge in [0.1, 0.15) is 5.65 Å². The zero-order chi connectivity index (χ0) is 24.9. The zero-order valence-electron chi connectivity index (χ0n) is 18.8. The molecule has 1 unspecified atom stereocenters. The minimum atomic E-state index is -0.362. The van der Waals surface area contributed by atoms with Crippen LogP contribution in [0.2, 0.25) is 5.02 Å². The van der Waals surface area contributed by atoms with Crippen molar-refractivity contribution in [3.63, 3.8) is 0 Å². The number of aromatic amines is 1. The van der Waals surface area contributed by atoms with Gasteiger partial charge in [-0.3, -0.25) is 9.59 Å². The van der Waals surface area contributed by atoms with Crippen molar-refractivity contribution in [2.24, 2.45) is 5.73 Å². The number of nitrogens with one attached hydrogen (secondary N) is 3. The van der Waals surface area contributed by atoms with E-state index in [4.69, 9.17) is 17.3 Å². The highest BCUT2D eigenvalue weighted by Gasteiger charge is 2.16. The molecule has 0 fully saturated rings. The van der Waals surface area contributed by atoms with Gasteiger partial charge in [0.2, 0.25) is 0 Å². The summed E-state index contributed by atoms with van der Waals surface area (Å²) in [5.74, 6) is -0.306. The highest BCUT2D eigenvalue weighted by molar-refractivity contribution is 7.98. The van der Waals surface area contributed by atoms with E-state index in [9.17, 15) is 9.59 Å². The van der Waals surface area contributed by atoms with Crippen molar-refractivity contribution in [1.82, 2.24) is 20.3 Å². The molecule has 178 valence electrons. The van der Waals surface area contributed by atoms with Gasteiger partial charge in [0.15, 0.2) is 5.16 Å². The monoisotopic (exact) mass is 506 g/mol. The second-order valence-corrected chi connectivity index (χ2v) is 8.82. The molecule has 1 amide bonds. The molecule has 2 aromatic heterocycles. The number of fused-ring (bicyclic) bond motifs is 1. The van der Waals surface area contributed by atoms with Crippen molar-refractivity contribution in [1.29, 1.82) is 0 Å². The Labute approximate surface area is 211 Å². The molecule has 2 aromatic carbocycles. The van der Waals surface area contributed by atoms with E-state index in [2.05, 4.69) is 32.2 Å². The van der Waals surface area contributed by atoms with Gasteiger partial charge in [0, 0.05) is 29.4 Å². The Bertz CT molecular complexity index is 1460. The van der Waals surface area contributed by atoms with Crippen LogP contribution in [0.5, 0.6) is 0 Å². The first kappa shape index (κ1) is 24.5. The summed E-state index contributed by atoms with van der Waals surface area (Å²) in [6.45, 7) is 4.23. The molecule has 1 atom stereocenters. The Morgan fingerprint density at radius 2 is 2.00 bits per heavy atom. The number of nitrogens with two attached hydrogens (primary N) is 1. The number of amides is 1. The van der Waals surface area contributed by atoms with E-state index in [-0.39, 0.29) is 24.1 Å². The number of nitrogens with zero attached hydrogens (tertiary/aromatic N) is 2. The summed E-state index contributed by atoms with van der Waals surface area (Å²) in [7, 11) is 0. The fourth-order valence-corrected chi connectivity index (χ4v) is 4.00. The maximum atomic E-state index is 12.9. The summed E-state index contributed by atoms with van der Waals surface area (Å²) in [4.78, 5) is 36.9. The van der Waals surface area contributed by atoms with Gasteiger partial charge in [-0.1, -0.05) is 60.3 Å². The number of H-pyrrole nitrogens is 1. The number of anilines is 1. The molecule has 2 heterocycles. The van der Waals surface area contributed by atoms with Crippen molar-refractivity contribution in [2.45, 2.75) is 11.2 Å². The van der Waals surface area contributed by atoms with Crippen molar-refractivity contribution in [2.75, 3.05) is 18.1 Å². The Balaban J connectivity index is 1.56. The van der Waals surface area contributed by atoms with E-state index in [0.717, 1.165) is 5.56 Å². The van der Waals surface area contributed by atoms with Gasteiger partial charge < -0.3 is 21.4 Å². The van der Waals surface area contributed by atoms with Crippen LogP contribution in [0.4, 0.5) is 5.69 Å². The Morgan fingerprint density at radius 1 is 1.23 bits per heavy atom. The Hall–Kier alpha value is -3.66. The molecule has 5 N–H and O–H groups in total. The third kappa shape index (κ3) is 5.54. The molecule has 0 bridgehead atoms. The van der Waals surface area contributed by atoms with Gasteiger partial charge in [-0.2, -0.15) is 0 Å². The van der Waals surface area contributed by atoms with Gasteiger partial charge in [0.05, 0.1) is 22.3 Å². The number of carbonyl (C=O) groups is 1. The fourth-order valence-electron chi connectivity index (χ4n) is 3.50. The normalized spacial score (nSPS) is 11.7. The van der Waals surface area contributed by atoms with Crippen molar-refractivity contribution in [3.8, 4) is 0 Å². The standard InChI is InChI=1S/C25H23ClN6O2S/c1-14(18-10-17-13-28-25(35-2)32-22(17)31-24(18)34)29-20-11-16(8-9-19(20)26)23(33)30-21(12-27)15-6-4-3-5-7-15/h3-11,13,21,29H,1,12,27H2,2H3,(H,30,33)(H,28,31,32,34). The van der Waals surface area contributed by atoms with Crippen LogP contribution in [0.15, 0.2) is 77.3 Å². The molecule has 4 aromatic rings. The van der Waals surface area contributed by atoms with E-state index in [1.165, 1.54) is 11.8 Å². The number of aromatic nitrogens is 3. The van der Waals surface area contributed by atoms with E-state index in [0.29, 0.717) is 43.7 Å². The number of hydrogen-bond acceptors (Lipinski definition) is 7. The summed E-state index contributed by atoms with van der Waals surface area (Å²) in [6.07, 6.45) is 3.49. The van der Waals surface area contributed by atoms with Crippen LogP contribution in [-0.2, 0) is 0 Å². The zero-order valence-corrected chi connectivity index (χ0v) is 20.4. The van der Waals surface area contributed by atoms with Crippen LogP contribution < -0.4 is 21.9 Å².